The Kier molecular flexibility index (Phi) is 11.8. The largest absolute Gasteiger partial charge is 0.480 e. The minimum absolute atomic E-state index is 0.120. The topological polar surface area (TPSA) is 191 Å². The van der Waals surface area contributed by atoms with Gasteiger partial charge in [-0.15, -0.1) is 0 Å². The predicted molar refractivity (Wildman–Crippen MR) is 180 cm³/mol. The summed E-state index contributed by atoms with van der Waals surface area (Å²) in [6.45, 7) is 5.33. The number of aliphatic carboxylic acids is 1. The van der Waals surface area contributed by atoms with E-state index < -0.39 is 53.3 Å². The lowest BCUT2D eigenvalue weighted by Gasteiger charge is -2.37. The number of nitrogens with one attached hydrogen (secondary N) is 3. The molecular weight excluding hydrogens is 616 g/mol. The van der Waals surface area contributed by atoms with E-state index in [0.717, 1.165) is 37.8 Å². The maximum atomic E-state index is 14.3. The zero-order chi connectivity index (χ0) is 35.0. The van der Waals surface area contributed by atoms with Crippen molar-refractivity contribution in [1.29, 1.82) is 0 Å². The maximum Gasteiger partial charge on any atom is 0.326 e. The van der Waals surface area contributed by atoms with Crippen molar-refractivity contribution in [1.82, 2.24) is 16.0 Å². The van der Waals surface area contributed by atoms with E-state index in [1.165, 1.54) is 4.90 Å². The molecule has 3 atom stereocenters. The van der Waals surface area contributed by atoms with Gasteiger partial charge in [-0.1, -0.05) is 82.5 Å². The van der Waals surface area contributed by atoms with Crippen molar-refractivity contribution < 1.29 is 33.9 Å². The number of carbonyl (C=O) groups is 6. The van der Waals surface area contributed by atoms with E-state index in [4.69, 9.17) is 5.73 Å². The lowest BCUT2D eigenvalue weighted by atomic mass is 9.90. The number of anilines is 2. The number of fused-ring (bicyclic) bond motifs is 1. The van der Waals surface area contributed by atoms with Gasteiger partial charge in [-0.3, -0.25) is 19.2 Å². The number of amides is 5. The number of nitrogens with two attached hydrogens (primary N) is 1. The van der Waals surface area contributed by atoms with E-state index in [0.29, 0.717) is 11.3 Å². The van der Waals surface area contributed by atoms with E-state index in [9.17, 15) is 33.9 Å². The number of urea groups is 1. The van der Waals surface area contributed by atoms with E-state index in [1.807, 2.05) is 24.3 Å². The van der Waals surface area contributed by atoms with Crippen LogP contribution in [0.4, 0.5) is 16.2 Å². The molecule has 0 aromatic heterocycles. The van der Waals surface area contributed by atoms with Gasteiger partial charge < -0.3 is 36.6 Å². The average molecular weight is 663 g/mol. The van der Waals surface area contributed by atoms with Gasteiger partial charge in [0.1, 0.15) is 18.1 Å². The molecule has 1 fully saturated rings. The number of nitrogens with zero attached hydrogens (tertiary/aromatic N) is 2. The molecule has 13 heteroatoms. The van der Waals surface area contributed by atoms with Crippen molar-refractivity contribution in [3.8, 4) is 0 Å². The molecule has 1 heterocycles. The van der Waals surface area contributed by atoms with Gasteiger partial charge in [0.15, 0.2) is 5.78 Å². The lowest BCUT2D eigenvalue weighted by Crippen LogP contribution is -2.57. The Hall–Kier alpha value is -4.94. The summed E-state index contributed by atoms with van der Waals surface area (Å²) >= 11 is 0. The number of primary amides is 1. The molecule has 1 unspecified atom stereocenters. The Morgan fingerprint density at radius 3 is 2.15 bits per heavy atom. The number of hydrogen-bond acceptors (Lipinski definition) is 7. The zero-order valence-electron chi connectivity index (χ0n) is 27.7. The highest BCUT2D eigenvalue weighted by molar-refractivity contribution is 6.07. The zero-order valence-corrected chi connectivity index (χ0v) is 27.7. The second-order valence-corrected chi connectivity index (χ2v) is 13.4. The summed E-state index contributed by atoms with van der Waals surface area (Å²) in [5.74, 6) is -3.52. The van der Waals surface area contributed by atoms with E-state index in [1.54, 1.807) is 51.1 Å². The summed E-state index contributed by atoms with van der Waals surface area (Å²) in [5.41, 5.74) is 6.23. The Labute approximate surface area is 280 Å². The predicted octanol–water partition coefficient (Wildman–Crippen LogP) is 3.03. The van der Waals surface area contributed by atoms with Crippen molar-refractivity contribution in [2.24, 2.45) is 11.1 Å². The number of rotatable bonds is 12. The molecule has 5 amide bonds. The van der Waals surface area contributed by atoms with Gasteiger partial charge in [0, 0.05) is 24.4 Å². The van der Waals surface area contributed by atoms with Gasteiger partial charge in [0.2, 0.25) is 11.8 Å². The molecule has 13 nitrogen and oxygen atoms in total. The van der Waals surface area contributed by atoms with Gasteiger partial charge >= 0.3 is 12.0 Å². The Bertz CT molecular complexity index is 1500. The summed E-state index contributed by atoms with van der Waals surface area (Å²) in [4.78, 5) is 81.5. The molecular formula is C35H46N6O7. The van der Waals surface area contributed by atoms with Crippen LogP contribution in [0, 0.1) is 5.41 Å². The van der Waals surface area contributed by atoms with Crippen LogP contribution in [0.5, 0.6) is 0 Å². The van der Waals surface area contributed by atoms with Gasteiger partial charge in [-0.2, -0.15) is 0 Å². The van der Waals surface area contributed by atoms with Crippen molar-refractivity contribution in [2.75, 3.05) is 22.9 Å². The molecule has 0 radical (unpaired) electrons. The molecule has 2 aromatic rings. The molecule has 258 valence electrons. The smallest absolute Gasteiger partial charge is 0.326 e. The quantitative estimate of drug-likeness (QED) is 0.229. The number of hydrogen-bond donors (Lipinski definition) is 5. The summed E-state index contributed by atoms with van der Waals surface area (Å²) in [7, 11) is 0. The molecule has 1 aliphatic carbocycles. The number of carbonyl (C=O) groups excluding carboxylic acids is 5. The molecule has 0 spiro atoms. The molecule has 1 aliphatic heterocycles. The first kappa shape index (κ1) is 35.9. The fourth-order valence-electron chi connectivity index (χ4n) is 6.08. The van der Waals surface area contributed by atoms with E-state index in [-0.39, 0.29) is 37.8 Å². The highest BCUT2D eigenvalue weighted by atomic mass is 16.4. The SMILES string of the molecule is CC(C)(C)C(=O)CN1C(=O)[C@H](NC(=O)NC(C(=O)N[C@H](CCC(N)=O)C(=O)O)c2ccccc2)CN(C2CCCCC2)c2ccccc21. The minimum Gasteiger partial charge on any atom is -0.480 e. The van der Waals surface area contributed by atoms with Crippen molar-refractivity contribution in [2.45, 2.75) is 89.9 Å². The highest BCUT2D eigenvalue weighted by Gasteiger charge is 2.39. The van der Waals surface area contributed by atoms with Gasteiger partial charge in [0.25, 0.3) is 5.91 Å². The third-order valence-electron chi connectivity index (χ3n) is 8.85. The number of Topliss-reactive ketones (excluding diaryl/α,β-unsaturated/α-hetero) is 1. The lowest BCUT2D eigenvalue weighted by molar-refractivity contribution is -0.142. The third-order valence-corrected chi connectivity index (χ3v) is 8.85. The van der Waals surface area contributed by atoms with Crippen LogP contribution in [-0.4, -0.2) is 71.8 Å². The molecule has 2 aromatic carbocycles. The van der Waals surface area contributed by atoms with Crippen molar-refractivity contribution in [3.63, 3.8) is 0 Å². The summed E-state index contributed by atoms with van der Waals surface area (Å²) in [5, 5.41) is 17.4. The Morgan fingerprint density at radius 1 is 0.917 bits per heavy atom. The highest BCUT2D eigenvalue weighted by Crippen LogP contribution is 2.37. The summed E-state index contributed by atoms with van der Waals surface area (Å²) in [6.07, 6.45) is 4.52. The molecule has 48 heavy (non-hydrogen) atoms. The molecule has 0 saturated heterocycles. The maximum absolute atomic E-state index is 14.3. The molecule has 1 saturated carbocycles. The number of ketones is 1. The van der Waals surface area contributed by atoms with Crippen LogP contribution in [-0.2, 0) is 24.0 Å². The van der Waals surface area contributed by atoms with Gasteiger partial charge in [0.05, 0.1) is 17.9 Å². The first-order valence-corrected chi connectivity index (χ1v) is 16.4. The number of carboxylic acid groups (broad SMARTS) is 1. The van der Waals surface area contributed by atoms with Gasteiger partial charge in [-0.05, 0) is 37.0 Å². The van der Waals surface area contributed by atoms with Crippen LogP contribution < -0.4 is 31.5 Å². The van der Waals surface area contributed by atoms with Gasteiger partial charge in [-0.25, -0.2) is 9.59 Å². The Morgan fingerprint density at radius 2 is 1.54 bits per heavy atom. The van der Waals surface area contributed by atoms with E-state index in [2.05, 4.69) is 20.9 Å². The third kappa shape index (κ3) is 9.11. The van der Waals surface area contributed by atoms with Crippen LogP contribution in [0.2, 0.25) is 0 Å². The van der Waals surface area contributed by atoms with Crippen LogP contribution in [0.25, 0.3) is 0 Å². The van der Waals surface area contributed by atoms with Crippen LogP contribution in [0.15, 0.2) is 54.6 Å². The fourth-order valence-corrected chi connectivity index (χ4v) is 6.08. The van der Waals surface area contributed by atoms with Crippen LogP contribution >= 0.6 is 0 Å². The summed E-state index contributed by atoms with van der Waals surface area (Å²) < 4.78 is 0. The number of carboxylic acids is 1. The molecule has 6 N–H and O–H groups in total. The summed E-state index contributed by atoms with van der Waals surface area (Å²) in [6, 6.07) is 11.1. The first-order valence-electron chi connectivity index (χ1n) is 16.4. The fraction of sp³-hybridized carbons (Fsp3) is 0.486. The van der Waals surface area contributed by atoms with Crippen LogP contribution in [0.3, 0.4) is 0 Å². The van der Waals surface area contributed by atoms with Crippen molar-refractivity contribution >= 4 is 46.9 Å². The Balaban J connectivity index is 1.63. The monoisotopic (exact) mass is 662 g/mol. The number of benzene rings is 2. The van der Waals surface area contributed by atoms with Crippen molar-refractivity contribution in [3.05, 3.63) is 60.2 Å². The molecule has 0 bridgehead atoms. The standard InChI is InChI=1S/C35H46N6O7/c1-35(2,3)28(42)21-41-27-17-11-10-16-26(27)40(23-14-8-5-9-15-23)20-25(32(41)45)38-34(48)39-30(22-12-6-4-7-13-22)31(44)37-24(33(46)47)18-19-29(36)43/h4,6-7,10-13,16-17,23-25,30H,5,8-9,14-15,18-21H2,1-3H3,(H2,36,43)(H,37,44)(H,46,47)(H2,38,39,48)/t24-,25-,30?/m1/s1. The second kappa shape index (κ2) is 15.8. The average Bonchev–Trinajstić information content (AvgIpc) is 3.16. The normalized spacial score (nSPS) is 18.1. The molecule has 4 rings (SSSR count). The molecule has 2 aliphatic rings. The first-order chi connectivity index (χ1) is 22.8. The number of para-hydroxylation sites is 2. The van der Waals surface area contributed by atoms with Crippen LogP contribution in [0.1, 0.15) is 77.3 Å². The second-order valence-electron chi connectivity index (χ2n) is 13.4. The minimum atomic E-state index is -1.43. The van der Waals surface area contributed by atoms with E-state index >= 15 is 0 Å².